The van der Waals surface area contributed by atoms with Gasteiger partial charge in [-0.1, -0.05) is 68.8 Å². The van der Waals surface area contributed by atoms with Crippen molar-refractivity contribution in [2.75, 3.05) is 0 Å². The number of halogens is 1. The van der Waals surface area contributed by atoms with Crippen molar-refractivity contribution in [2.24, 2.45) is 0 Å². The Labute approximate surface area is 108 Å². The van der Waals surface area contributed by atoms with E-state index in [9.17, 15) is 0 Å². The Bertz CT molecular complexity index is 487. The number of rotatable bonds is 1. The zero-order chi connectivity index (χ0) is 12.5. The Morgan fingerprint density at radius 1 is 0.706 bits per heavy atom. The summed E-state index contributed by atoms with van der Waals surface area (Å²) in [5.74, 6) is 0. The molecule has 0 saturated heterocycles. The molecule has 0 spiro atoms. The fourth-order valence-electron chi connectivity index (χ4n) is 1.81. The largest absolute Gasteiger partial charge is 0.0843 e. The first kappa shape index (κ1) is 12.2. The molecule has 2 aromatic rings. The molecule has 0 amide bonds. The van der Waals surface area contributed by atoms with Crippen LogP contribution >= 0.6 is 11.6 Å². The van der Waals surface area contributed by atoms with E-state index in [1.807, 2.05) is 12.1 Å². The summed E-state index contributed by atoms with van der Waals surface area (Å²) in [6.45, 7) is 6.68. The van der Waals surface area contributed by atoms with Gasteiger partial charge in [0, 0.05) is 5.02 Å². The minimum Gasteiger partial charge on any atom is -0.0843 e. The van der Waals surface area contributed by atoms with Gasteiger partial charge in [0.15, 0.2) is 0 Å². The quantitative estimate of drug-likeness (QED) is 0.638. The third-order valence-electron chi connectivity index (χ3n) is 2.93. The summed E-state index contributed by atoms with van der Waals surface area (Å²) in [4.78, 5) is 0. The molecule has 0 aliphatic heterocycles. The minimum atomic E-state index is 0.207. The normalized spacial score (nSPS) is 11.5. The van der Waals surface area contributed by atoms with Gasteiger partial charge in [0.1, 0.15) is 0 Å². The lowest BCUT2D eigenvalue weighted by atomic mass is 9.86. The summed E-state index contributed by atoms with van der Waals surface area (Å²) in [5, 5.41) is 0.778. The molecule has 0 aliphatic carbocycles. The molecule has 1 heteroatoms. The van der Waals surface area contributed by atoms with E-state index in [1.165, 1.54) is 16.7 Å². The molecule has 0 saturated carbocycles. The molecule has 0 fully saturated rings. The van der Waals surface area contributed by atoms with Gasteiger partial charge in [0.25, 0.3) is 0 Å². The van der Waals surface area contributed by atoms with Crippen LogP contribution in [-0.2, 0) is 5.41 Å². The van der Waals surface area contributed by atoms with Crippen LogP contribution in [0.5, 0.6) is 0 Å². The SMILES string of the molecule is CC(C)(C)c1ccc(-c2ccc(Cl)cc2)cc1. The average Bonchev–Trinajstić information content (AvgIpc) is 2.29. The first-order chi connectivity index (χ1) is 7.97. The molecule has 2 rings (SSSR count). The van der Waals surface area contributed by atoms with Gasteiger partial charge >= 0.3 is 0 Å². The summed E-state index contributed by atoms with van der Waals surface area (Å²) >= 11 is 5.88. The van der Waals surface area contributed by atoms with Gasteiger partial charge in [0.05, 0.1) is 0 Å². The Kier molecular flexibility index (Phi) is 3.26. The summed E-state index contributed by atoms with van der Waals surface area (Å²) in [6.07, 6.45) is 0. The van der Waals surface area contributed by atoms with Gasteiger partial charge in [-0.25, -0.2) is 0 Å². The van der Waals surface area contributed by atoms with Crippen molar-refractivity contribution in [1.29, 1.82) is 0 Å². The van der Waals surface area contributed by atoms with Crippen LogP contribution in [0.25, 0.3) is 11.1 Å². The number of hydrogen-bond acceptors (Lipinski definition) is 0. The van der Waals surface area contributed by atoms with E-state index in [1.54, 1.807) is 0 Å². The zero-order valence-electron chi connectivity index (χ0n) is 10.5. The first-order valence-corrected chi connectivity index (χ1v) is 6.21. The molecule has 0 radical (unpaired) electrons. The topological polar surface area (TPSA) is 0 Å². The molecule has 0 nitrogen and oxygen atoms in total. The molecule has 0 atom stereocenters. The second-order valence-electron chi connectivity index (χ2n) is 5.33. The predicted molar refractivity (Wildman–Crippen MR) is 75.6 cm³/mol. The van der Waals surface area contributed by atoms with E-state index in [-0.39, 0.29) is 5.41 Å². The van der Waals surface area contributed by atoms with Crippen LogP contribution in [0.1, 0.15) is 26.3 Å². The molecule has 0 bridgehead atoms. The maximum atomic E-state index is 5.88. The van der Waals surface area contributed by atoms with Crippen molar-refractivity contribution in [3.8, 4) is 11.1 Å². The van der Waals surface area contributed by atoms with E-state index in [0.717, 1.165) is 5.02 Å². The Hall–Kier alpha value is -1.27. The van der Waals surface area contributed by atoms with Crippen molar-refractivity contribution in [1.82, 2.24) is 0 Å². The average molecular weight is 245 g/mol. The van der Waals surface area contributed by atoms with Crippen LogP contribution in [0.4, 0.5) is 0 Å². The van der Waals surface area contributed by atoms with Gasteiger partial charge < -0.3 is 0 Å². The van der Waals surface area contributed by atoms with E-state index in [2.05, 4.69) is 57.2 Å². The van der Waals surface area contributed by atoms with Gasteiger partial charge in [-0.15, -0.1) is 0 Å². The van der Waals surface area contributed by atoms with E-state index in [4.69, 9.17) is 11.6 Å². The lowest BCUT2D eigenvalue weighted by Crippen LogP contribution is -2.10. The summed E-state index contributed by atoms with van der Waals surface area (Å²) in [5.41, 5.74) is 4.00. The number of hydrogen-bond donors (Lipinski definition) is 0. The van der Waals surface area contributed by atoms with E-state index < -0.39 is 0 Å². The zero-order valence-corrected chi connectivity index (χ0v) is 11.3. The van der Waals surface area contributed by atoms with Crippen molar-refractivity contribution in [3.63, 3.8) is 0 Å². The summed E-state index contributed by atoms with van der Waals surface area (Å²) in [7, 11) is 0. The third kappa shape index (κ3) is 2.89. The molecule has 2 aromatic carbocycles. The molecular formula is C16H17Cl. The van der Waals surface area contributed by atoms with Crippen LogP contribution in [-0.4, -0.2) is 0 Å². The predicted octanol–water partition coefficient (Wildman–Crippen LogP) is 5.30. The van der Waals surface area contributed by atoms with Gasteiger partial charge in [0.2, 0.25) is 0 Å². The highest BCUT2D eigenvalue weighted by Crippen LogP contribution is 2.26. The van der Waals surface area contributed by atoms with E-state index in [0.29, 0.717) is 0 Å². The summed E-state index contributed by atoms with van der Waals surface area (Å²) in [6, 6.07) is 16.7. The van der Waals surface area contributed by atoms with Gasteiger partial charge in [-0.2, -0.15) is 0 Å². The molecule has 0 aromatic heterocycles. The second-order valence-corrected chi connectivity index (χ2v) is 5.77. The molecule has 88 valence electrons. The molecule has 0 unspecified atom stereocenters. The highest BCUT2D eigenvalue weighted by Gasteiger charge is 2.12. The molecule has 0 N–H and O–H groups in total. The Morgan fingerprint density at radius 3 is 1.53 bits per heavy atom. The number of benzene rings is 2. The lowest BCUT2D eigenvalue weighted by Gasteiger charge is -2.19. The fraction of sp³-hybridized carbons (Fsp3) is 0.250. The second kappa shape index (κ2) is 4.54. The van der Waals surface area contributed by atoms with Crippen molar-refractivity contribution >= 4 is 11.6 Å². The monoisotopic (exact) mass is 244 g/mol. The van der Waals surface area contributed by atoms with E-state index >= 15 is 0 Å². The van der Waals surface area contributed by atoms with Crippen LogP contribution in [0, 0.1) is 0 Å². The van der Waals surface area contributed by atoms with Gasteiger partial charge in [-0.3, -0.25) is 0 Å². The van der Waals surface area contributed by atoms with Crippen LogP contribution in [0.3, 0.4) is 0 Å². The Morgan fingerprint density at radius 2 is 1.12 bits per heavy atom. The smallest absolute Gasteiger partial charge is 0.0406 e. The lowest BCUT2D eigenvalue weighted by molar-refractivity contribution is 0.590. The van der Waals surface area contributed by atoms with Crippen molar-refractivity contribution in [2.45, 2.75) is 26.2 Å². The summed E-state index contributed by atoms with van der Waals surface area (Å²) < 4.78 is 0. The highest BCUT2D eigenvalue weighted by molar-refractivity contribution is 6.30. The van der Waals surface area contributed by atoms with Crippen LogP contribution < -0.4 is 0 Å². The molecule has 0 aliphatic rings. The van der Waals surface area contributed by atoms with Crippen molar-refractivity contribution in [3.05, 3.63) is 59.1 Å². The third-order valence-corrected chi connectivity index (χ3v) is 3.18. The van der Waals surface area contributed by atoms with Crippen molar-refractivity contribution < 1.29 is 0 Å². The van der Waals surface area contributed by atoms with Gasteiger partial charge in [-0.05, 0) is 34.2 Å². The van der Waals surface area contributed by atoms with Crippen LogP contribution in [0.2, 0.25) is 5.02 Å². The molecule has 17 heavy (non-hydrogen) atoms. The minimum absolute atomic E-state index is 0.207. The molecular weight excluding hydrogens is 228 g/mol. The standard InChI is InChI=1S/C16H17Cl/c1-16(2,3)14-8-4-12(5-9-14)13-6-10-15(17)11-7-13/h4-11H,1-3H3. The maximum absolute atomic E-state index is 5.88. The Balaban J connectivity index is 2.33. The van der Waals surface area contributed by atoms with Crippen LogP contribution in [0.15, 0.2) is 48.5 Å². The molecule has 0 heterocycles. The first-order valence-electron chi connectivity index (χ1n) is 5.83. The highest BCUT2D eigenvalue weighted by atomic mass is 35.5. The maximum Gasteiger partial charge on any atom is 0.0406 e. The fourth-order valence-corrected chi connectivity index (χ4v) is 1.93.